The van der Waals surface area contributed by atoms with E-state index in [1.165, 1.54) is 6.33 Å². The van der Waals surface area contributed by atoms with Gasteiger partial charge < -0.3 is 21.3 Å². The molecular formula is C5H12N5O3P. The fourth-order valence-electron chi connectivity index (χ4n) is 0.959. The lowest BCUT2D eigenvalue weighted by Crippen LogP contribution is -2.37. The molecule has 0 aliphatic rings. The first-order valence-electron chi connectivity index (χ1n) is 3.81. The summed E-state index contributed by atoms with van der Waals surface area (Å²) >= 11 is 0. The lowest BCUT2D eigenvalue weighted by molar-refractivity contribution is 0.364. The maximum Gasteiger partial charge on any atom is 0.327 e. The number of aromatic nitrogens is 3. The second kappa shape index (κ2) is 4.16. The minimum absolute atomic E-state index is 0.242. The van der Waals surface area contributed by atoms with E-state index in [1.807, 2.05) is 0 Å². The molecule has 2 atom stereocenters. The molecule has 0 aromatic carbocycles. The number of rotatable bonds is 4. The molecule has 0 radical (unpaired) electrons. The molecule has 14 heavy (non-hydrogen) atoms. The van der Waals surface area contributed by atoms with Crippen LogP contribution in [0, 0.1) is 0 Å². The smallest absolute Gasteiger partial charge is 0.325 e. The van der Waals surface area contributed by atoms with Crippen molar-refractivity contribution in [2.24, 2.45) is 11.5 Å². The highest BCUT2D eigenvalue weighted by atomic mass is 31.2. The maximum absolute atomic E-state index is 10.6. The molecule has 1 heterocycles. The summed E-state index contributed by atoms with van der Waals surface area (Å²) in [5, 5.41) is 6.11. The van der Waals surface area contributed by atoms with E-state index in [0.29, 0.717) is 0 Å². The fourth-order valence-corrected chi connectivity index (χ4v) is 1.74. The summed E-state index contributed by atoms with van der Waals surface area (Å²) in [6, 6.07) is -1.65. The first-order valence-corrected chi connectivity index (χ1v) is 5.61. The van der Waals surface area contributed by atoms with Crippen LogP contribution in [0.3, 0.4) is 0 Å². The normalized spacial score (nSPS) is 16.6. The Hall–Kier alpha value is -0.790. The summed E-state index contributed by atoms with van der Waals surface area (Å²) < 4.78 is 10.6. The van der Waals surface area contributed by atoms with E-state index in [4.69, 9.17) is 21.3 Å². The van der Waals surface area contributed by atoms with Gasteiger partial charge in [-0.1, -0.05) is 0 Å². The van der Waals surface area contributed by atoms with Crippen molar-refractivity contribution in [2.75, 3.05) is 6.16 Å². The minimum atomic E-state index is -4.15. The molecule has 0 aliphatic carbocycles. The van der Waals surface area contributed by atoms with Crippen molar-refractivity contribution in [2.45, 2.75) is 12.1 Å². The Labute approximate surface area is 79.9 Å². The van der Waals surface area contributed by atoms with Gasteiger partial charge in [0.25, 0.3) is 0 Å². The van der Waals surface area contributed by atoms with Gasteiger partial charge in [0.1, 0.15) is 6.33 Å². The van der Waals surface area contributed by atoms with Gasteiger partial charge in [-0.3, -0.25) is 9.66 Å². The van der Waals surface area contributed by atoms with Gasteiger partial charge in [-0.15, -0.1) is 0 Å². The average Bonchev–Trinajstić information content (AvgIpc) is 2.51. The summed E-state index contributed by atoms with van der Waals surface area (Å²) in [6.07, 6.45) is 0.835. The van der Waals surface area contributed by atoms with Crippen LogP contribution in [0.25, 0.3) is 0 Å². The van der Waals surface area contributed by atoms with E-state index in [2.05, 4.69) is 15.2 Å². The molecule has 80 valence electrons. The Balaban J connectivity index is 2.62. The molecule has 0 amide bonds. The third-order valence-corrected chi connectivity index (χ3v) is 2.54. The highest BCUT2D eigenvalue weighted by Gasteiger charge is 2.26. The number of hydrogen-bond acceptors (Lipinski definition) is 5. The van der Waals surface area contributed by atoms with Crippen LogP contribution < -0.4 is 11.5 Å². The van der Waals surface area contributed by atoms with Crippen molar-refractivity contribution < 1.29 is 14.4 Å². The molecule has 1 rings (SSSR count). The summed E-state index contributed by atoms with van der Waals surface area (Å²) in [7, 11) is -4.15. The van der Waals surface area contributed by atoms with Crippen molar-refractivity contribution in [3.63, 3.8) is 0 Å². The zero-order chi connectivity index (χ0) is 10.8. The van der Waals surface area contributed by atoms with E-state index in [9.17, 15) is 4.57 Å². The predicted molar refractivity (Wildman–Crippen MR) is 48.2 cm³/mol. The zero-order valence-corrected chi connectivity index (χ0v) is 8.13. The van der Waals surface area contributed by atoms with Gasteiger partial charge in [0.2, 0.25) is 0 Å². The van der Waals surface area contributed by atoms with E-state index >= 15 is 0 Å². The summed E-state index contributed by atoms with van der Waals surface area (Å²) in [5.41, 5.74) is 11.1. The van der Waals surface area contributed by atoms with E-state index in [0.717, 1.165) is 0 Å². The van der Waals surface area contributed by atoms with Gasteiger partial charge in [0, 0.05) is 6.04 Å². The quantitative estimate of drug-likeness (QED) is 0.380. The SMILES string of the molecule is NC(CP(=O)(O)O)C(N)c1nc[nH]n1. The largest absolute Gasteiger partial charge is 0.327 e. The summed E-state index contributed by atoms with van der Waals surface area (Å²) in [6.45, 7) is 0. The molecule has 0 saturated heterocycles. The van der Waals surface area contributed by atoms with Gasteiger partial charge >= 0.3 is 7.60 Å². The third kappa shape index (κ3) is 3.17. The van der Waals surface area contributed by atoms with E-state index in [-0.39, 0.29) is 5.82 Å². The van der Waals surface area contributed by atoms with Gasteiger partial charge in [0.05, 0.1) is 12.2 Å². The number of nitrogens with two attached hydrogens (primary N) is 2. The predicted octanol–water partition coefficient (Wildman–Crippen LogP) is -1.69. The first kappa shape index (κ1) is 11.3. The average molecular weight is 221 g/mol. The molecule has 0 fully saturated rings. The van der Waals surface area contributed by atoms with Crippen LogP contribution >= 0.6 is 7.60 Å². The second-order valence-electron chi connectivity index (χ2n) is 2.89. The monoisotopic (exact) mass is 221 g/mol. The number of nitrogens with zero attached hydrogens (tertiary/aromatic N) is 2. The van der Waals surface area contributed by atoms with Crippen molar-refractivity contribution in [1.82, 2.24) is 15.2 Å². The van der Waals surface area contributed by atoms with Crippen LogP contribution in [0.4, 0.5) is 0 Å². The molecule has 0 spiro atoms. The highest BCUT2D eigenvalue weighted by molar-refractivity contribution is 7.51. The standard InChI is InChI=1S/C5H12N5O3P/c6-3(1-14(11,12)13)4(7)5-8-2-9-10-5/h2-4H,1,6-7H2,(H,8,9,10)(H2,11,12,13). The summed E-state index contributed by atoms with van der Waals surface area (Å²) in [5.74, 6) is 0.242. The number of H-pyrrole nitrogens is 1. The maximum atomic E-state index is 10.6. The van der Waals surface area contributed by atoms with E-state index in [1.54, 1.807) is 0 Å². The summed E-state index contributed by atoms with van der Waals surface area (Å²) in [4.78, 5) is 21.1. The van der Waals surface area contributed by atoms with Crippen LogP contribution in [0.5, 0.6) is 0 Å². The minimum Gasteiger partial charge on any atom is -0.325 e. The molecule has 0 bridgehead atoms. The Morgan fingerprint density at radius 3 is 2.64 bits per heavy atom. The number of nitrogens with one attached hydrogen (secondary N) is 1. The van der Waals surface area contributed by atoms with Gasteiger partial charge in [0.15, 0.2) is 5.82 Å². The third-order valence-electron chi connectivity index (χ3n) is 1.64. The van der Waals surface area contributed by atoms with Crippen LogP contribution in [0.2, 0.25) is 0 Å². The van der Waals surface area contributed by atoms with Crippen molar-refractivity contribution in [1.29, 1.82) is 0 Å². The van der Waals surface area contributed by atoms with Crippen LogP contribution in [-0.2, 0) is 4.57 Å². The number of aromatic amines is 1. The first-order chi connectivity index (χ1) is 6.40. The lowest BCUT2D eigenvalue weighted by Gasteiger charge is -2.17. The Morgan fingerprint density at radius 2 is 2.21 bits per heavy atom. The highest BCUT2D eigenvalue weighted by Crippen LogP contribution is 2.36. The fraction of sp³-hybridized carbons (Fsp3) is 0.600. The second-order valence-corrected chi connectivity index (χ2v) is 4.59. The Kier molecular flexibility index (Phi) is 3.35. The Bertz CT molecular complexity index is 322. The number of hydrogen-bond donors (Lipinski definition) is 5. The molecule has 7 N–H and O–H groups in total. The molecule has 0 saturated carbocycles. The lowest BCUT2D eigenvalue weighted by atomic mass is 10.1. The Morgan fingerprint density at radius 1 is 1.57 bits per heavy atom. The molecule has 2 unspecified atom stereocenters. The van der Waals surface area contributed by atoms with E-state index < -0.39 is 25.8 Å². The van der Waals surface area contributed by atoms with Gasteiger partial charge in [-0.05, 0) is 0 Å². The zero-order valence-electron chi connectivity index (χ0n) is 7.24. The topological polar surface area (TPSA) is 151 Å². The van der Waals surface area contributed by atoms with Crippen LogP contribution in [0.1, 0.15) is 11.9 Å². The molecule has 0 aliphatic heterocycles. The molecule has 8 nitrogen and oxygen atoms in total. The van der Waals surface area contributed by atoms with Gasteiger partial charge in [-0.2, -0.15) is 5.10 Å². The molecule has 1 aromatic heterocycles. The van der Waals surface area contributed by atoms with Gasteiger partial charge in [-0.25, -0.2) is 4.98 Å². The van der Waals surface area contributed by atoms with Crippen LogP contribution in [-0.4, -0.2) is 37.2 Å². The molecule has 9 heteroatoms. The molecule has 1 aromatic rings. The van der Waals surface area contributed by atoms with Crippen molar-refractivity contribution >= 4 is 7.60 Å². The van der Waals surface area contributed by atoms with Crippen molar-refractivity contribution in [3.8, 4) is 0 Å². The van der Waals surface area contributed by atoms with Crippen molar-refractivity contribution in [3.05, 3.63) is 12.2 Å². The molecular weight excluding hydrogens is 209 g/mol. The van der Waals surface area contributed by atoms with Crippen LogP contribution in [0.15, 0.2) is 6.33 Å².